The van der Waals surface area contributed by atoms with Crippen LogP contribution < -0.4 is 10.2 Å². The van der Waals surface area contributed by atoms with Gasteiger partial charge in [0.2, 0.25) is 0 Å². The number of aromatic nitrogens is 3. The van der Waals surface area contributed by atoms with Gasteiger partial charge in [-0.15, -0.1) is 21.5 Å². The summed E-state index contributed by atoms with van der Waals surface area (Å²) in [5.41, 5.74) is 1.51. The van der Waals surface area contributed by atoms with Gasteiger partial charge in [-0.25, -0.2) is 13.6 Å². The van der Waals surface area contributed by atoms with Gasteiger partial charge < -0.3 is 15.0 Å². The number of amides is 2. The highest BCUT2D eigenvalue weighted by molar-refractivity contribution is 7.20. The van der Waals surface area contributed by atoms with Crippen LogP contribution in [0, 0.1) is 21.7 Å². The van der Waals surface area contributed by atoms with Crippen LogP contribution in [0.4, 0.5) is 30.0 Å². The van der Waals surface area contributed by atoms with Crippen molar-refractivity contribution in [1.29, 1.82) is 0 Å². The van der Waals surface area contributed by atoms with Gasteiger partial charge in [0.1, 0.15) is 23.0 Å². The van der Waals surface area contributed by atoms with Crippen molar-refractivity contribution in [3.63, 3.8) is 0 Å². The summed E-state index contributed by atoms with van der Waals surface area (Å²) in [5.74, 6) is -2.36. The number of carbonyl (C=O) groups is 2. The lowest BCUT2D eigenvalue weighted by Gasteiger charge is -2.23. The van der Waals surface area contributed by atoms with Crippen LogP contribution in [-0.4, -0.2) is 57.1 Å². The highest BCUT2D eigenvalue weighted by Crippen LogP contribution is 2.44. The number of non-ortho nitro benzene ring substituents is 1. The van der Waals surface area contributed by atoms with Crippen molar-refractivity contribution in [1.82, 2.24) is 19.5 Å². The number of halogens is 2. The van der Waals surface area contributed by atoms with Crippen LogP contribution in [0.1, 0.15) is 28.4 Å². The Morgan fingerprint density at radius 1 is 1.04 bits per heavy atom. The topological polar surface area (TPSA) is 135 Å². The molecule has 15 heteroatoms. The minimum Gasteiger partial charge on any atom is -0.449 e. The monoisotopic (exact) mass is 635 g/mol. The van der Waals surface area contributed by atoms with Gasteiger partial charge in [0.15, 0.2) is 5.65 Å². The van der Waals surface area contributed by atoms with Crippen molar-refractivity contribution < 1.29 is 28.0 Å². The number of anilines is 2. The van der Waals surface area contributed by atoms with E-state index in [2.05, 4.69) is 15.5 Å². The van der Waals surface area contributed by atoms with Crippen molar-refractivity contribution in [2.24, 2.45) is 0 Å². The number of carbonyl (C=O) groups excluding carboxylic acids is 2. The van der Waals surface area contributed by atoms with E-state index in [1.54, 1.807) is 55.9 Å². The quantitative estimate of drug-likeness (QED) is 0.143. The molecule has 0 saturated carbocycles. The Morgan fingerprint density at radius 3 is 2.40 bits per heavy atom. The first-order valence-electron chi connectivity index (χ1n) is 13.6. The molecule has 0 bridgehead atoms. The zero-order valence-corrected chi connectivity index (χ0v) is 25.2. The van der Waals surface area contributed by atoms with Crippen LogP contribution in [-0.2, 0) is 17.8 Å². The van der Waals surface area contributed by atoms with E-state index < -0.39 is 40.7 Å². The molecule has 45 heavy (non-hydrogen) atoms. The molecule has 3 aromatic heterocycles. The van der Waals surface area contributed by atoms with Gasteiger partial charge in [-0.3, -0.25) is 24.2 Å². The molecule has 0 aliphatic carbocycles. The largest absolute Gasteiger partial charge is 0.449 e. The fraction of sp³-hybridized carbons (Fsp3) is 0.200. The molecule has 0 spiro atoms. The second-order valence-electron chi connectivity index (χ2n) is 10.1. The maximum atomic E-state index is 14.9. The van der Waals surface area contributed by atoms with Crippen LogP contribution in [0.25, 0.3) is 16.1 Å². The minimum absolute atomic E-state index is 0.0410. The first-order valence-corrected chi connectivity index (χ1v) is 14.4. The lowest BCUT2D eigenvalue weighted by molar-refractivity contribution is -0.384. The number of hydrogen-bond donors (Lipinski definition) is 1. The second-order valence-corrected chi connectivity index (χ2v) is 11.1. The van der Waals surface area contributed by atoms with Crippen LogP contribution in [0.15, 0.2) is 67.1 Å². The first-order chi connectivity index (χ1) is 21.6. The van der Waals surface area contributed by atoms with Gasteiger partial charge in [-0.05, 0) is 68.5 Å². The summed E-state index contributed by atoms with van der Waals surface area (Å²) >= 11 is 1.03. The predicted octanol–water partition coefficient (Wildman–Crippen LogP) is 6.12. The molecule has 12 nitrogen and oxygen atoms in total. The van der Waals surface area contributed by atoms with Crippen molar-refractivity contribution in [2.45, 2.75) is 20.0 Å². The van der Waals surface area contributed by atoms with E-state index in [1.165, 1.54) is 24.5 Å². The number of fused-ring (bicyclic) bond motifs is 1. The van der Waals surface area contributed by atoms with E-state index in [1.807, 2.05) is 4.90 Å². The Kier molecular flexibility index (Phi) is 9.11. The van der Waals surface area contributed by atoms with E-state index in [9.17, 15) is 28.5 Å². The number of nitrogens with zero attached hydrogens (tertiary/aromatic N) is 6. The molecular weight excluding hydrogens is 608 g/mol. The molecule has 0 saturated heterocycles. The van der Waals surface area contributed by atoms with Gasteiger partial charge in [0, 0.05) is 35.3 Å². The van der Waals surface area contributed by atoms with Gasteiger partial charge in [0.05, 0.1) is 29.3 Å². The van der Waals surface area contributed by atoms with Crippen molar-refractivity contribution in [2.75, 3.05) is 30.9 Å². The summed E-state index contributed by atoms with van der Waals surface area (Å²) in [5, 5.41) is 22.1. The Balaban J connectivity index is 1.72. The molecule has 1 N–H and O–H groups in total. The number of nitrogens with one attached hydrogen (secondary N) is 1. The van der Waals surface area contributed by atoms with Crippen LogP contribution in [0.3, 0.4) is 0 Å². The number of pyridine rings is 1. The standard InChI is InChI=1S/C30H27F2N7O5S/c1-4-44-30(41)38(16-21-23(31)6-5-7-24(21)32)29-26(28(40)34-19-10-13-25-35-33-17-37(25)14-19)22(15-36(2)3)27(45-29)18-8-11-20(12-9-18)39(42)43/h5-14,17H,4,15-16H2,1-3H3,(H,34,40). The molecule has 3 heterocycles. The maximum Gasteiger partial charge on any atom is 0.415 e. The van der Waals surface area contributed by atoms with Crippen LogP contribution in [0.5, 0.6) is 0 Å². The average Bonchev–Trinajstić information content (AvgIpc) is 3.61. The van der Waals surface area contributed by atoms with E-state index in [4.69, 9.17) is 4.74 Å². The molecule has 5 aromatic rings. The van der Waals surface area contributed by atoms with Gasteiger partial charge in [0.25, 0.3) is 11.6 Å². The highest BCUT2D eigenvalue weighted by atomic mass is 32.1. The van der Waals surface area contributed by atoms with Crippen LogP contribution >= 0.6 is 11.3 Å². The summed E-state index contributed by atoms with van der Waals surface area (Å²) in [4.78, 5) is 41.8. The number of ether oxygens (including phenoxy) is 1. The molecule has 0 unspecified atom stereocenters. The molecule has 2 amide bonds. The smallest absolute Gasteiger partial charge is 0.415 e. The Labute approximate surface area is 259 Å². The molecule has 0 radical (unpaired) electrons. The second kappa shape index (κ2) is 13.2. The van der Waals surface area contributed by atoms with Gasteiger partial charge in [-0.1, -0.05) is 6.07 Å². The predicted molar refractivity (Wildman–Crippen MR) is 164 cm³/mol. The molecule has 0 atom stereocenters. The van der Waals surface area contributed by atoms with Gasteiger partial charge >= 0.3 is 6.09 Å². The molecule has 0 aliphatic heterocycles. The summed E-state index contributed by atoms with van der Waals surface area (Å²) in [6.45, 7) is 1.18. The molecule has 5 rings (SSSR count). The number of benzene rings is 2. The first kappa shape index (κ1) is 31.2. The Morgan fingerprint density at radius 2 is 1.76 bits per heavy atom. The van der Waals surface area contributed by atoms with E-state index in [-0.39, 0.29) is 29.4 Å². The third kappa shape index (κ3) is 6.63. The van der Waals surface area contributed by atoms with Gasteiger partial charge in [-0.2, -0.15) is 0 Å². The molecule has 232 valence electrons. The number of rotatable bonds is 10. The SMILES string of the molecule is CCOC(=O)N(Cc1c(F)cccc1F)c1sc(-c2ccc([N+](=O)[O-])cc2)c(CN(C)C)c1C(=O)Nc1ccc2nncn2c1. The van der Waals surface area contributed by atoms with E-state index >= 15 is 0 Å². The summed E-state index contributed by atoms with van der Waals surface area (Å²) in [6, 6.07) is 12.4. The van der Waals surface area contributed by atoms with E-state index in [0.29, 0.717) is 27.3 Å². The minimum atomic E-state index is -0.923. The lowest BCUT2D eigenvalue weighted by Crippen LogP contribution is -2.33. The van der Waals surface area contributed by atoms with Crippen LogP contribution in [0.2, 0.25) is 0 Å². The summed E-state index contributed by atoms with van der Waals surface area (Å²) in [6.07, 6.45) is 2.16. The molecule has 0 aliphatic rings. The molecule has 2 aromatic carbocycles. The average molecular weight is 636 g/mol. The Bertz CT molecular complexity index is 1870. The number of hydrogen-bond acceptors (Lipinski definition) is 9. The Hall–Kier alpha value is -5.28. The number of thiophene rings is 1. The summed E-state index contributed by atoms with van der Waals surface area (Å²) in [7, 11) is 3.58. The summed E-state index contributed by atoms with van der Waals surface area (Å²) < 4.78 is 36.7. The molecule has 0 fully saturated rings. The third-order valence-corrected chi connectivity index (χ3v) is 7.99. The zero-order chi connectivity index (χ0) is 32.2. The fourth-order valence-corrected chi connectivity index (χ4v) is 5.97. The highest BCUT2D eigenvalue weighted by Gasteiger charge is 2.33. The van der Waals surface area contributed by atoms with Crippen molar-refractivity contribution in [3.05, 3.63) is 106 Å². The maximum absolute atomic E-state index is 14.9. The number of nitro groups is 1. The zero-order valence-electron chi connectivity index (χ0n) is 24.4. The number of nitro benzene ring substituents is 1. The van der Waals surface area contributed by atoms with E-state index in [0.717, 1.165) is 28.4 Å². The lowest BCUT2D eigenvalue weighted by atomic mass is 10.0. The third-order valence-electron chi connectivity index (χ3n) is 6.69. The normalized spacial score (nSPS) is 11.2. The fourth-order valence-electron chi connectivity index (χ4n) is 4.67. The van der Waals surface area contributed by atoms with Crippen molar-refractivity contribution >= 4 is 45.4 Å². The van der Waals surface area contributed by atoms with Crippen molar-refractivity contribution in [3.8, 4) is 10.4 Å². The molecular formula is C30H27F2N7O5S.